The van der Waals surface area contributed by atoms with Crippen LogP contribution in [0.2, 0.25) is 0 Å². The van der Waals surface area contributed by atoms with Crippen LogP contribution in [0.5, 0.6) is 5.75 Å². The summed E-state index contributed by atoms with van der Waals surface area (Å²) in [5.74, 6) is 0.751. The molecule has 1 aromatic rings. The number of rotatable bonds is 9. The third-order valence-electron chi connectivity index (χ3n) is 3.47. The molecule has 0 aliphatic heterocycles. The van der Waals surface area contributed by atoms with Crippen molar-refractivity contribution in [3.63, 3.8) is 0 Å². The average molecular weight is 292 g/mol. The molecule has 0 atom stereocenters. The number of anilines is 1. The van der Waals surface area contributed by atoms with Crippen molar-refractivity contribution >= 4 is 11.6 Å². The molecule has 4 heteroatoms. The van der Waals surface area contributed by atoms with E-state index in [-0.39, 0.29) is 11.3 Å². The van der Waals surface area contributed by atoms with E-state index in [9.17, 15) is 4.79 Å². The Labute approximate surface area is 128 Å². The topological polar surface area (TPSA) is 64.3 Å². The zero-order valence-corrected chi connectivity index (χ0v) is 13.4. The summed E-state index contributed by atoms with van der Waals surface area (Å²) in [5.41, 5.74) is 6.44. The largest absolute Gasteiger partial charge is 0.491 e. The lowest BCUT2D eigenvalue weighted by atomic mass is 9.84. The highest BCUT2D eigenvalue weighted by Crippen LogP contribution is 2.27. The number of para-hydroxylation sites is 2. The number of hydrogen-bond donors (Lipinski definition) is 2. The highest BCUT2D eigenvalue weighted by Gasteiger charge is 2.18. The van der Waals surface area contributed by atoms with Crippen molar-refractivity contribution in [2.45, 2.75) is 46.5 Å². The highest BCUT2D eigenvalue weighted by molar-refractivity contribution is 5.92. The molecule has 0 fully saturated rings. The Morgan fingerprint density at radius 2 is 2.00 bits per heavy atom. The van der Waals surface area contributed by atoms with E-state index in [0.29, 0.717) is 19.6 Å². The van der Waals surface area contributed by atoms with E-state index in [1.54, 1.807) is 0 Å². The molecule has 0 bridgehead atoms. The zero-order valence-electron chi connectivity index (χ0n) is 13.4. The molecule has 1 amide bonds. The number of carbonyl (C=O) groups excluding carboxylic acids is 1. The van der Waals surface area contributed by atoms with Crippen LogP contribution in [-0.2, 0) is 4.79 Å². The molecule has 4 nitrogen and oxygen atoms in total. The summed E-state index contributed by atoms with van der Waals surface area (Å²) in [6.45, 7) is 7.65. The number of carbonyl (C=O) groups is 1. The number of nitrogens with one attached hydrogen (secondary N) is 1. The maximum Gasteiger partial charge on any atom is 0.224 e. The molecule has 0 spiro atoms. The molecule has 0 radical (unpaired) electrons. The molecule has 0 unspecified atom stereocenters. The number of hydrogen-bond acceptors (Lipinski definition) is 3. The van der Waals surface area contributed by atoms with Gasteiger partial charge in [-0.3, -0.25) is 4.79 Å². The van der Waals surface area contributed by atoms with Crippen molar-refractivity contribution in [3.05, 3.63) is 24.3 Å². The SMILES string of the molecule is CCCOc1ccccc1NC(=O)CCC(C)(C)CCN. The Morgan fingerprint density at radius 3 is 2.67 bits per heavy atom. The summed E-state index contributed by atoms with van der Waals surface area (Å²) in [6.07, 6.45) is 3.19. The van der Waals surface area contributed by atoms with Crippen LogP contribution >= 0.6 is 0 Å². The lowest BCUT2D eigenvalue weighted by Crippen LogP contribution is -2.20. The Bertz CT molecular complexity index is 444. The standard InChI is InChI=1S/C17H28N2O2/c1-4-13-21-15-8-6-5-7-14(15)19-16(20)9-10-17(2,3)11-12-18/h5-8H,4,9-13,18H2,1-3H3,(H,19,20). The van der Waals surface area contributed by atoms with Gasteiger partial charge >= 0.3 is 0 Å². The first kappa shape index (κ1) is 17.5. The van der Waals surface area contributed by atoms with Gasteiger partial charge in [0.1, 0.15) is 5.75 Å². The van der Waals surface area contributed by atoms with Crippen molar-refractivity contribution in [3.8, 4) is 5.75 Å². The molecule has 1 rings (SSSR count). The third kappa shape index (κ3) is 6.63. The van der Waals surface area contributed by atoms with Gasteiger partial charge in [-0.15, -0.1) is 0 Å². The fraction of sp³-hybridized carbons (Fsp3) is 0.588. The van der Waals surface area contributed by atoms with E-state index < -0.39 is 0 Å². The molecular formula is C17H28N2O2. The maximum absolute atomic E-state index is 12.1. The van der Waals surface area contributed by atoms with Crippen LogP contribution in [0.4, 0.5) is 5.69 Å². The summed E-state index contributed by atoms with van der Waals surface area (Å²) in [7, 11) is 0. The van der Waals surface area contributed by atoms with Crippen LogP contribution in [0.15, 0.2) is 24.3 Å². The van der Waals surface area contributed by atoms with Gasteiger partial charge in [0.2, 0.25) is 5.91 Å². The predicted octanol–water partition coefficient (Wildman–Crippen LogP) is 3.57. The number of nitrogens with two attached hydrogens (primary N) is 1. The lowest BCUT2D eigenvalue weighted by molar-refractivity contribution is -0.116. The Kier molecular flexibility index (Phi) is 7.23. The van der Waals surface area contributed by atoms with E-state index in [0.717, 1.165) is 30.7 Å². The van der Waals surface area contributed by atoms with Gasteiger partial charge in [-0.25, -0.2) is 0 Å². The molecule has 1 aromatic carbocycles. The average Bonchev–Trinajstić information content (AvgIpc) is 2.44. The van der Waals surface area contributed by atoms with E-state index in [1.165, 1.54) is 0 Å². The summed E-state index contributed by atoms with van der Waals surface area (Å²) in [5, 5.41) is 2.94. The maximum atomic E-state index is 12.1. The molecule has 0 aromatic heterocycles. The highest BCUT2D eigenvalue weighted by atomic mass is 16.5. The minimum atomic E-state index is 0.0210. The monoisotopic (exact) mass is 292 g/mol. The first-order valence-corrected chi connectivity index (χ1v) is 7.70. The second-order valence-electron chi connectivity index (χ2n) is 6.10. The Morgan fingerprint density at radius 1 is 1.29 bits per heavy atom. The molecule has 118 valence electrons. The zero-order chi connectivity index (χ0) is 15.7. The number of benzene rings is 1. The quantitative estimate of drug-likeness (QED) is 0.731. The van der Waals surface area contributed by atoms with E-state index >= 15 is 0 Å². The van der Waals surface area contributed by atoms with Crippen LogP contribution in [0, 0.1) is 5.41 Å². The molecule has 0 aliphatic carbocycles. The predicted molar refractivity (Wildman–Crippen MR) is 87.5 cm³/mol. The van der Waals surface area contributed by atoms with Gasteiger partial charge in [0.05, 0.1) is 12.3 Å². The molecule has 0 saturated heterocycles. The normalized spacial score (nSPS) is 11.2. The van der Waals surface area contributed by atoms with Gasteiger partial charge in [-0.1, -0.05) is 32.9 Å². The molecular weight excluding hydrogens is 264 g/mol. The molecule has 0 aliphatic rings. The lowest BCUT2D eigenvalue weighted by Gasteiger charge is -2.23. The Balaban J connectivity index is 2.55. The smallest absolute Gasteiger partial charge is 0.224 e. The van der Waals surface area contributed by atoms with E-state index in [4.69, 9.17) is 10.5 Å². The van der Waals surface area contributed by atoms with Crippen LogP contribution < -0.4 is 15.8 Å². The van der Waals surface area contributed by atoms with Gasteiger partial charge in [0.25, 0.3) is 0 Å². The molecule has 21 heavy (non-hydrogen) atoms. The Hall–Kier alpha value is -1.55. The first-order chi connectivity index (χ1) is 9.98. The minimum absolute atomic E-state index is 0.0210. The fourth-order valence-corrected chi connectivity index (χ4v) is 2.09. The van der Waals surface area contributed by atoms with Crippen molar-refractivity contribution in [2.75, 3.05) is 18.5 Å². The van der Waals surface area contributed by atoms with E-state index in [1.807, 2.05) is 24.3 Å². The fourth-order valence-electron chi connectivity index (χ4n) is 2.09. The summed E-state index contributed by atoms with van der Waals surface area (Å²) in [6, 6.07) is 7.55. The van der Waals surface area contributed by atoms with Crippen molar-refractivity contribution in [2.24, 2.45) is 11.1 Å². The van der Waals surface area contributed by atoms with Crippen LogP contribution in [0.3, 0.4) is 0 Å². The summed E-state index contributed by atoms with van der Waals surface area (Å²) < 4.78 is 5.64. The van der Waals surface area contributed by atoms with Crippen LogP contribution in [-0.4, -0.2) is 19.1 Å². The van der Waals surface area contributed by atoms with Gasteiger partial charge in [-0.2, -0.15) is 0 Å². The van der Waals surface area contributed by atoms with Gasteiger partial charge in [-0.05, 0) is 43.4 Å². The van der Waals surface area contributed by atoms with Gasteiger partial charge in [0.15, 0.2) is 0 Å². The number of amides is 1. The van der Waals surface area contributed by atoms with Crippen molar-refractivity contribution < 1.29 is 9.53 Å². The van der Waals surface area contributed by atoms with Crippen molar-refractivity contribution in [1.82, 2.24) is 0 Å². The first-order valence-electron chi connectivity index (χ1n) is 7.70. The van der Waals surface area contributed by atoms with Gasteiger partial charge < -0.3 is 15.8 Å². The summed E-state index contributed by atoms with van der Waals surface area (Å²) in [4.78, 5) is 12.1. The second-order valence-corrected chi connectivity index (χ2v) is 6.10. The molecule has 3 N–H and O–H groups in total. The van der Waals surface area contributed by atoms with Crippen molar-refractivity contribution in [1.29, 1.82) is 0 Å². The summed E-state index contributed by atoms with van der Waals surface area (Å²) >= 11 is 0. The third-order valence-corrected chi connectivity index (χ3v) is 3.47. The van der Waals surface area contributed by atoms with Crippen LogP contribution in [0.1, 0.15) is 46.5 Å². The molecule has 0 heterocycles. The minimum Gasteiger partial charge on any atom is -0.491 e. The van der Waals surface area contributed by atoms with E-state index in [2.05, 4.69) is 26.1 Å². The number of ether oxygens (including phenoxy) is 1. The molecule has 0 saturated carbocycles. The van der Waals surface area contributed by atoms with Crippen LogP contribution in [0.25, 0.3) is 0 Å². The van der Waals surface area contributed by atoms with Gasteiger partial charge in [0, 0.05) is 6.42 Å². The second kappa shape index (κ2) is 8.67.